The van der Waals surface area contributed by atoms with Crippen LogP contribution in [0.1, 0.15) is 26.4 Å². The number of pyridine rings is 1. The Balaban J connectivity index is 1.76. The number of hydrogen-bond donors (Lipinski definition) is 0. The van der Waals surface area contributed by atoms with Crippen LogP contribution in [-0.2, 0) is 0 Å². The Kier molecular flexibility index (Phi) is 4.96. The van der Waals surface area contributed by atoms with Crippen molar-refractivity contribution in [1.29, 1.82) is 0 Å². The number of rotatable bonds is 4. The van der Waals surface area contributed by atoms with Gasteiger partial charge in [0, 0.05) is 28.4 Å². The maximum atomic E-state index is 4.68. The molecule has 0 aliphatic rings. The second-order valence-electron chi connectivity index (χ2n) is 5.69. The fourth-order valence-electron chi connectivity index (χ4n) is 2.57. The molecule has 0 unspecified atom stereocenters. The summed E-state index contributed by atoms with van der Waals surface area (Å²) < 4.78 is 0. The second-order valence-corrected chi connectivity index (χ2v) is 6.84. The molecule has 3 aromatic rings. The molecular formula is C20H19N3S. The van der Waals surface area contributed by atoms with Crippen LogP contribution in [0.5, 0.6) is 0 Å². The van der Waals surface area contributed by atoms with Crippen molar-refractivity contribution < 1.29 is 0 Å². The van der Waals surface area contributed by atoms with Crippen molar-refractivity contribution in [3.05, 3.63) is 75.1 Å². The molecule has 3 rings (SSSR count). The van der Waals surface area contributed by atoms with E-state index >= 15 is 0 Å². The van der Waals surface area contributed by atoms with Gasteiger partial charge in [0.1, 0.15) is 0 Å². The molecule has 4 heteroatoms. The van der Waals surface area contributed by atoms with E-state index in [2.05, 4.69) is 53.9 Å². The summed E-state index contributed by atoms with van der Waals surface area (Å²) in [6, 6.07) is 14.1. The van der Waals surface area contributed by atoms with Gasteiger partial charge in [0.15, 0.2) is 5.82 Å². The largest absolute Gasteiger partial charge is 0.255 e. The summed E-state index contributed by atoms with van der Waals surface area (Å²) in [5.74, 6) is 0.715. The van der Waals surface area contributed by atoms with Gasteiger partial charge in [-0.3, -0.25) is 4.99 Å². The average molecular weight is 333 g/mol. The Hall–Kier alpha value is -2.59. The molecule has 0 spiro atoms. The van der Waals surface area contributed by atoms with Crippen LogP contribution in [0.15, 0.2) is 58.6 Å². The van der Waals surface area contributed by atoms with Gasteiger partial charge in [-0.05, 0) is 56.2 Å². The second kappa shape index (κ2) is 7.32. The molecule has 0 fully saturated rings. The first-order valence-corrected chi connectivity index (χ1v) is 8.60. The van der Waals surface area contributed by atoms with E-state index in [0.717, 1.165) is 15.4 Å². The van der Waals surface area contributed by atoms with Crippen molar-refractivity contribution >= 4 is 35.3 Å². The van der Waals surface area contributed by atoms with Crippen molar-refractivity contribution in [2.24, 2.45) is 9.98 Å². The van der Waals surface area contributed by atoms with E-state index < -0.39 is 0 Å². The Labute approximate surface area is 146 Å². The van der Waals surface area contributed by atoms with Gasteiger partial charge in [-0.1, -0.05) is 23.8 Å². The van der Waals surface area contributed by atoms with Crippen LogP contribution in [-0.4, -0.2) is 17.4 Å². The number of thiophene rings is 1. The molecule has 0 aliphatic carbocycles. The van der Waals surface area contributed by atoms with Gasteiger partial charge in [-0.15, -0.1) is 11.3 Å². The van der Waals surface area contributed by atoms with Crippen LogP contribution < -0.4 is 0 Å². The smallest absolute Gasteiger partial charge is 0.151 e. The van der Waals surface area contributed by atoms with E-state index in [1.807, 2.05) is 36.7 Å². The Bertz CT molecular complexity index is 869. The minimum absolute atomic E-state index is 0.715. The Morgan fingerprint density at radius 2 is 1.54 bits per heavy atom. The molecule has 0 saturated heterocycles. The van der Waals surface area contributed by atoms with Gasteiger partial charge < -0.3 is 0 Å². The third-order valence-corrected chi connectivity index (χ3v) is 4.53. The van der Waals surface area contributed by atoms with Gasteiger partial charge in [0.05, 0.1) is 5.69 Å². The van der Waals surface area contributed by atoms with Crippen LogP contribution in [0.2, 0.25) is 0 Å². The normalized spacial score (nSPS) is 11.6. The van der Waals surface area contributed by atoms with Crippen molar-refractivity contribution in [3.8, 4) is 0 Å². The quantitative estimate of drug-likeness (QED) is 0.575. The maximum absolute atomic E-state index is 4.68. The number of aryl methyl sites for hydroxylation is 3. The zero-order chi connectivity index (χ0) is 16.9. The molecule has 2 aromatic heterocycles. The Morgan fingerprint density at radius 1 is 0.875 bits per heavy atom. The average Bonchev–Trinajstić information content (AvgIpc) is 3.01. The summed E-state index contributed by atoms with van der Waals surface area (Å²) in [5, 5.41) is 0. The van der Waals surface area contributed by atoms with Gasteiger partial charge in [-0.2, -0.15) is 0 Å². The fourth-order valence-corrected chi connectivity index (χ4v) is 3.33. The third-order valence-electron chi connectivity index (χ3n) is 3.58. The first-order chi connectivity index (χ1) is 11.6. The molecular weight excluding hydrogens is 314 g/mol. The van der Waals surface area contributed by atoms with Crippen LogP contribution in [0, 0.1) is 20.8 Å². The molecule has 3 nitrogen and oxygen atoms in total. The molecule has 0 radical (unpaired) electrons. The molecule has 0 N–H and O–H groups in total. The summed E-state index contributed by atoms with van der Waals surface area (Å²) in [4.78, 5) is 15.4. The highest BCUT2D eigenvalue weighted by Crippen LogP contribution is 2.25. The summed E-state index contributed by atoms with van der Waals surface area (Å²) in [5.41, 5.74) is 4.74. The van der Waals surface area contributed by atoms with E-state index in [1.165, 1.54) is 16.7 Å². The minimum atomic E-state index is 0.715. The number of nitrogens with zero attached hydrogens (tertiary/aromatic N) is 3. The first-order valence-electron chi connectivity index (χ1n) is 7.79. The monoisotopic (exact) mass is 333 g/mol. The van der Waals surface area contributed by atoms with E-state index in [-0.39, 0.29) is 0 Å². The lowest BCUT2D eigenvalue weighted by molar-refractivity contribution is 1.28. The highest BCUT2D eigenvalue weighted by molar-refractivity contribution is 7.15. The van der Waals surface area contributed by atoms with E-state index in [9.17, 15) is 0 Å². The SMILES string of the molecule is Cc1cc(C)c(N=Cc2ccc(/C=N/c3ccccn3)s2)c(C)c1. The van der Waals surface area contributed by atoms with Crippen LogP contribution >= 0.6 is 11.3 Å². The summed E-state index contributed by atoms with van der Waals surface area (Å²) >= 11 is 1.66. The molecule has 0 amide bonds. The van der Waals surface area contributed by atoms with E-state index in [1.54, 1.807) is 17.5 Å². The molecule has 0 aliphatic heterocycles. The fraction of sp³-hybridized carbons (Fsp3) is 0.150. The summed E-state index contributed by atoms with van der Waals surface area (Å²) in [6.45, 7) is 6.32. The van der Waals surface area contributed by atoms with Crippen LogP contribution in [0.25, 0.3) is 0 Å². The number of aromatic nitrogens is 1. The number of aliphatic imine (C=N–C) groups is 2. The number of benzene rings is 1. The standard InChI is InChI=1S/C20H19N3S/c1-14-10-15(2)20(16(3)11-14)23-13-18-8-7-17(24-18)12-22-19-6-4-5-9-21-19/h4-13H,1-3H3/b22-12+,23-13?. The lowest BCUT2D eigenvalue weighted by atomic mass is 10.1. The predicted octanol–water partition coefficient (Wildman–Crippen LogP) is 5.57. The van der Waals surface area contributed by atoms with Gasteiger partial charge >= 0.3 is 0 Å². The number of hydrogen-bond acceptors (Lipinski definition) is 4. The molecule has 24 heavy (non-hydrogen) atoms. The zero-order valence-corrected chi connectivity index (χ0v) is 14.8. The van der Waals surface area contributed by atoms with Crippen molar-refractivity contribution in [1.82, 2.24) is 4.98 Å². The van der Waals surface area contributed by atoms with Crippen LogP contribution in [0.4, 0.5) is 11.5 Å². The molecule has 1 aromatic carbocycles. The van der Waals surface area contributed by atoms with E-state index in [4.69, 9.17) is 0 Å². The van der Waals surface area contributed by atoms with Crippen molar-refractivity contribution in [3.63, 3.8) is 0 Å². The van der Waals surface area contributed by atoms with Gasteiger partial charge in [-0.25, -0.2) is 9.98 Å². The van der Waals surface area contributed by atoms with Gasteiger partial charge in [0.2, 0.25) is 0 Å². The predicted molar refractivity (Wildman–Crippen MR) is 104 cm³/mol. The zero-order valence-electron chi connectivity index (χ0n) is 14.0. The molecule has 2 heterocycles. The highest BCUT2D eigenvalue weighted by Gasteiger charge is 2.02. The highest BCUT2D eigenvalue weighted by atomic mass is 32.1. The molecule has 0 atom stereocenters. The maximum Gasteiger partial charge on any atom is 0.151 e. The minimum Gasteiger partial charge on any atom is -0.255 e. The van der Waals surface area contributed by atoms with Gasteiger partial charge in [0.25, 0.3) is 0 Å². The molecule has 120 valence electrons. The van der Waals surface area contributed by atoms with Crippen LogP contribution in [0.3, 0.4) is 0 Å². The summed E-state index contributed by atoms with van der Waals surface area (Å²) in [6.07, 6.45) is 5.51. The lowest BCUT2D eigenvalue weighted by Gasteiger charge is -2.05. The summed E-state index contributed by atoms with van der Waals surface area (Å²) in [7, 11) is 0. The topological polar surface area (TPSA) is 37.6 Å². The molecule has 0 saturated carbocycles. The lowest BCUT2D eigenvalue weighted by Crippen LogP contribution is -1.84. The van der Waals surface area contributed by atoms with Crippen molar-refractivity contribution in [2.45, 2.75) is 20.8 Å². The first kappa shape index (κ1) is 16.3. The third kappa shape index (κ3) is 4.03. The van der Waals surface area contributed by atoms with E-state index in [0.29, 0.717) is 5.82 Å². The molecule has 0 bridgehead atoms. The van der Waals surface area contributed by atoms with Crippen molar-refractivity contribution in [2.75, 3.05) is 0 Å². The Morgan fingerprint density at radius 3 is 2.17 bits per heavy atom.